The van der Waals surface area contributed by atoms with Crippen LogP contribution in [0.2, 0.25) is 0 Å². The number of aromatic carboxylic acids is 1. The van der Waals surface area contributed by atoms with E-state index in [2.05, 4.69) is 5.09 Å². The van der Waals surface area contributed by atoms with Gasteiger partial charge in [0, 0.05) is 0 Å². The Morgan fingerprint density at radius 3 is 2.22 bits per heavy atom. The van der Waals surface area contributed by atoms with Gasteiger partial charge < -0.3 is 14.4 Å². The van der Waals surface area contributed by atoms with Crippen molar-refractivity contribution in [2.75, 3.05) is 0 Å². The highest BCUT2D eigenvalue weighted by atomic mass is 31.2. The maximum atomic E-state index is 14.0. The van der Waals surface area contributed by atoms with Crippen molar-refractivity contribution in [3.05, 3.63) is 114 Å². The number of para-hydroxylation sites is 1. The second-order valence-corrected chi connectivity index (χ2v) is 10.5. The van der Waals surface area contributed by atoms with E-state index < -0.39 is 25.5 Å². The Morgan fingerprint density at radius 1 is 0.861 bits per heavy atom. The number of carboxylic acids is 1. The van der Waals surface area contributed by atoms with Gasteiger partial charge in [0.15, 0.2) is 0 Å². The molecular formula is C28H26NO6P. The molecule has 36 heavy (non-hydrogen) atoms. The number of esters is 1. The van der Waals surface area contributed by atoms with Gasteiger partial charge in [0.25, 0.3) is 0 Å². The molecule has 4 aromatic carbocycles. The van der Waals surface area contributed by atoms with Crippen molar-refractivity contribution in [3.63, 3.8) is 0 Å². The average molecular weight is 503 g/mol. The minimum absolute atomic E-state index is 0.0224. The number of ether oxygens (including phenoxy) is 1. The van der Waals surface area contributed by atoms with Crippen molar-refractivity contribution >= 4 is 30.2 Å². The van der Waals surface area contributed by atoms with Gasteiger partial charge >= 0.3 is 19.5 Å². The molecule has 184 valence electrons. The number of rotatable bonds is 10. The van der Waals surface area contributed by atoms with E-state index in [1.165, 1.54) is 6.07 Å². The predicted molar refractivity (Wildman–Crippen MR) is 138 cm³/mol. The molecule has 0 spiro atoms. The molecule has 0 aliphatic heterocycles. The molecule has 8 heteroatoms. The Kier molecular flexibility index (Phi) is 7.84. The van der Waals surface area contributed by atoms with Crippen molar-refractivity contribution in [1.29, 1.82) is 0 Å². The zero-order chi connectivity index (χ0) is 25.5. The summed E-state index contributed by atoms with van der Waals surface area (Å²) < 4.78 is 25.3. The predicted octanol–water partition coefficient (Wildman–Crippen LogP) is 6.03. The molecule has 0 heterocycles. The van der Waals surface area contributed by atoms with Crippen molar-refractivity contribution in [1.82, 2.24) is 5.09 Å². The van der Waals surface area contributed by atoms with Gasteiger partial charge in [0.2, 0.25) is 0 Å². The maximum absolute atomic E-state index is 14.0. The molecule has 2 N–H and O–H groups in total. The summed E-state index contributed by atoms with van der Waals surface area (Å²) in [5.41, 5.74) is 1.68. The Hall–Kier alpha value is -3.93. The Balaban J connectivity index is 1.55. The van der Waals surface area contributed by atoms with E-state index in [0.717, 1.165) is 10.9 Å². The van der Waals surface area contributed by atoms with E-state index >= 15 is 0 Å². The fraction of sp³-hybridized carbons (Fsp3) is 0.143. The third-order valence-electron chi connectivity index (χ3n) is 5.51. The lowest BCUT2D eigenvalue weighted by Gasteiger charge is -2.24. The summed E-state index contributed by atoms with van der Waals surface area (Å²) in [4.78, 5) is 24.0. The van der Waals surface area contributed by atoms with Crippen LogP contribution in [0.3, 0.4) is 0 Å². The van der Waals surface area contributed by atoms with E-state index in [9.17, 15) is 19.3 Å². The molecule has 2 atom stereocenters. The fourth-order valence-corrected chi connectivity index (χ4v) is 5.77. The van der Waals surface area contributed by atoms with Crippen LogP contribution in [0.25, 0.3) is 10.8 Å². The van der Waals surface area contributed by atoms with Gasteiger partial charge in [-0.05, 0) is 53.1 Å². The number of hydrogen-bond acceptors (Lipinski definition) is 5. The molecule has 4 aromatic rings. The summed E-state index contributed by atoms with van der Waals surface area (Å²) in [7, 11) is -3.64. The smallest absolute Gasteiger partial charge is 0.335 e. The highest BCUT2D eigenvalue weighted by Gasteiger charge is 2.31. The van der Waals surface area contributed by atoms with Crippen molar-refractivity contribution in [2.24, 2.45) is 0 Å². The Bertz CT molecular complexity index is 1410. The molecule has 0 aliphatic rings. The zero-order valence-corrected chi connectivity index (χ0v) is 20.6. The third kappa shape index (κ3) is 6.60. The SMILES string of the molecule is C[C@H](NP(=O)(Cc1ccc2ccc(C(=O)O)cc2c1)Oc1ccccc1)C(=O)OCc1ccccc1. The first-order valence-electron chi connectivity index (χ1n) is 11.4. The van der Waals surface area contributed by atoms with Crippen molar-refractivity contribution in [3.8, 4) is 5.75 Å². The summed E-state index contributed by atoms with van der Waals surface area (Å²) in [5.74, 6) is -1.18. The number of nitrogens with one attached hydrogen (secondary N) is 1. The fourth-order valence-electron chi connectivity index (χ4n) is 3.73. The topological polar surface area (TPSA) is 102 Å². The molecule has 4 rings (SSSR count). The quantitative estimate of drug-likeness (QED) is 0.201. The Morgan fingerprint density at radius 2 is 1.53 bits per heavy atom. The molecule has 7 nitrogen and oxygen atoms in total. The molecule has 0 aromatic heterocycles. The third-order valence-corrected chi connectivity index (χ3v) is 7.57. The number of carbonyl (C=O) groups is 2. The summed E-state index contributed by atoms with van der Waals surface area (Å²) >= 11 is 0. The summed E-state index contributed by atoms with van der Waals surface area (Å²) in [6, 6.07) is 27.4. The van der Waals surface area contributed by atoms with Gasteiger partial charge in [0.1, 0.15) is 18.4 Å². The monoisotopic (exact) mass is 503 g/mol. The zero-order valence-electron chi connectivity index (χ0n) is 19.7. The van der Waals surface area contributed by atoms with Crippen molar-refractivity contribution in [2.45, 2.75) is 25.7 Å². The van der Waals surface area contributed by atoms with Gasteiger partial charge in [-0.2, -0.15) is 0 Å². The first-order valence-corrected chi connectivity index (χ1v) is 13.2. The normalized spacial score (nSPS) is 13.5. The molecule has 0 radical (unpaired) electrons. The van der Waals surface area contributed by atoms with Gasteiger partial charge in [-0.25, -0.2) is 9.88 Å². The van der Waals surface area contributed by atoms with Crippen LogP contribution >= 0.6 is 7.52 Å². The van der Waals surface area contributed by atoms with Crippen LogP contribution in [0, 0.1) is 0 Å². The van der Waals surface area contributed by atoms with Gasteiger partial charge in [-0.15, -0.1) is 0 Å². The highest BCUT2D eigenvalue weighted by Crippen LogP contribution is 2.47. The summed E-state index contributed by atoms with van der Waals surface area (Å²) in [6.45, 7) is 1.68. The maximum Gasteiger partial charge on any atom is 0.335 e. The number of carbonyl (C=O) groups excluding carboxylic acids is 1. The van der Waals surface area contributed by atoms with Gasteiger partial charge in [-0.1, -0.05) is 72.8 Å². The minimum Gasteiger partial charge on any atom is -0.478 e. The van der Waals surface area contributed by atoms with E-state index in [1.54, 1.807) is 49.4 Å². The summed E-state index contributed by atoms with van der Waals surface area (Å²) in [5, 5.41) is 13.7. The number of carboxylic acid groups (broad SMARTS) is 1. The lowest BCUT2D eigenvalue weighted by atomic mass is 10.0. The average Bonchev–Trinajstić information content (AvgIpc) is 2.87. The highest BCUT2D eigenvalue weighted by molar-refractivity contribution is 7.56. The first kappa shape index (κ1) is 25.2. The van der Waals surface area contributed by atoms with Crippen LogP contribution in [0.5, 0.6) is 5.75 Å². The molecule has 0 saturated carbocycles. The molecule has 1 unspecified atom stereocenters. The second-order valence-electron chi connectivity index (χ2n) is 8.38. The molecule has 0 bridgehead atoms. The standard InChI is InChI=1S/C28H26NO6P/c1-20(28(32)34-18-21-8-4-2-5-9-21)29-36(33,35-26-10-6-3-7-11-26)19-22-12-13-23-14-15-24(27(30)31)17-25(23)16-22/h2-17,20H,18-19H2,1H3,(H,29,33)(H,30,31)/t20-,36?/m0/s1. The lowest BCUT2D eigenvalue weighted by Crippen LogP contribution is -2.34. The molecule has 0 fully saturated rings. The van der Waals surface area contributed by atoms with Crippen LogP contribution in [0.1, 0.15) is 28.4 Å². The van der Waals surface area contributed by atoms with Crippen LogP contribution in [-0.2, 0) is 26.9 Å². The molecule has 0 aliphatic carbocycles. The first-order chi connectivity index (χ1) is 17.3. The van der Waals surface area contributed by atoms with E-state index in [4.69, 9.17) is 9.26 Å². The minimum atomic E-state index is -3.64. The van der Waals surface area contributed by atoms with Crippen molar-refractivity contribution < 1.29 is 28.5 Å². The molecular weight excluding hydrogens is 477 g/mol. The van der Waals surface area contributed by atoms with Crippen LogP contribution < -0.4 is 9.61 Å². The van der Waals surface area contributed by atoms with E-state index in [0.29, 0.717) is 16.7 Å². The number of fused-ring (bicyclic) bond motifs is 1. The van der Waals surface area contributed by atoms with Crippen LogP contribution in [-0.4, -0.2) is 23.1 Å². The van der Waals surface area contributed by atoms with Gasteiger partial charge in [0.05, 0.1) is 11.7 Å². The summed E-state index contributed by atoms with van der Waals surface area (Å²) in [6.07, 6.45) is -0.0224. The van der Waals surface area contributed by atoms with Crippen LogP contribution in [0.4, 0.5) is 0 Å². The van der Waals surface area contributed by atoms with Crippen LogP contribution in [0.15, 0.2) is 97.1 Å². The largest absolute Gasteiger partial charge is 0.478 e. The Labute approximate surface area is 209 Å². The number of benzene rings is 4. The number of hydrogen-bond donors (Lipinski definition) is 2. The van der Waals surface area contributed by atoms with E-state index in [-0.39, 0.29) is 18.3 Å². The van der Waals surface area contributed by atoms with E-state index in [1.807, 2.05) is 48.5 Å². The van der Waals surface area contributed by atoms with Gasteiger partial charge in [-0.3, -0.25) is 9.36 Å². The molecule has 0 saturated heterocycles. The lowest BCUT2D eigenvalue weighted by molar-refractivity contribution is -0.146. The molecule has 0 amide bonds. The second kappa shape index (κ2) is 11.2.